The molecule has 0 spiro atoms. The maximum atomic E-state index is 12.1. The third-order valence-electron chi connectivity index (χ3n) is 3.41. The SMILES string of the molecule is COc1ccc(OCCN(C)C(=O)Nc2cccc([N+](=O)[O-])c2)cc1. The van der Waals surface area contributed by atoms with Crippen LogP contribution in [0.1, 0.15) is 0 Å². The van der Waals surface area contributed by atoms with Crippen LogP contribution in [0.25, 0.3) is 0 Å². The molecule has 2 amide bonds. The van der Waals surface area contributed by atoms with Crippen LogP contribution in [0.4, 0.5) is 16.2 Å². The lowest BCUT2D eigenvalue weighted by atomic mass is 10.3. The summed E-state index contributed by atoms with van der Waals surface area (Å²) >= 11 is 0. The zero-order valence-electron chi connectivity index (χ0n) is 14.0. The monoisotopic (exact) mass is 345 g/mol. The van der Waals surface area contributed by atoms with Crippen LogP contribution < -0.4 is 14.8 Å². The summed E-state index contributed by atoms with van der Waals surface area (Å²) in [6.07, 6.45) is 0. The van der Waals surface area contributed by atoms with Crippen molar-refractivity contribution in [1.29, 1.82) is 0 Å². The fraction of sp³-hybridized carbons (Fsp3) is 0.235. The maximum absolute atomic E-state index is 12.1. The van der Waals surface area contributed by atoms with E-state index in [0.29, 0.717) is 24.6 Å². The van der Waals surface area contributed by atoms with E-state index in [1.54, 1.807) is 44.5 Å². The van der Waals surface area contributed by atoms with Crippen molar-refractivity contribution in [2.24, 2.45) is 0 Å². The van der Waals surface area contributed by atoms with E-state index < -0.39 is 4.92 Å². The number of amides is 2. The second-order valence-corrected chi connectivity index (χ2v) is 5.18. The smallest absolute Gasteiger partial charge is 0.321 e. The van der Waals surface area contributed by atoms with Gasteiger partial charge in [0.2, 0.25) is 0 Å². The predicted octanol–water partition coefficient (Wildman–Crippen LogP) is 3.15. The zero-order valence-corrected chi connectivity index (χ0v) is 14.0. The van der Waals surface area contributed by atoms with Crippen LogP contribution in [-0.4, -0.2) is 43.2 Å². The summed E-state index contributed by atoms with van der Waals surface area (Å²) in [6, 6.07) is 12.5. The Labute approximate surface area is 145 Å². The molecule has 25 heavy (non-hydrogen) atoms. The number of nitrogens with zero attached hydrogens (tertiary/aromatic N) is 2. The van der Waals surface area contributed by atoms with E-state index in [0.717, 1.165) is 5.75 Å². The number of likely N-dealkylation sites (N-methyl/N-ethyl adjacent to an activating group) is 1. The highest BCUT2D eigenvalue weighted by Crippen LogP contribution is 2.18. The summed E-state index contributed by atoms with van der Waals surface area (Å²) < 4.78 is 10.6. The molecule has 0 saturated carbocycles. The van der Waals surface area contributed by atoms with E-state index in [1.807, 2.05) is 0 Å². The summed E-state index contributed by atoms with van der Waals surface area (Å²) in [4.78, 5) is 23.8. The van der Waals surface area contributed by atoms with Crippen molar-refractivity contribution < 1.29 is 19.2 Å². The standard InChI is InChI=1S/C17H19N3O5/c1-19(10-11-25-16-8-6-15(24-2)7-9-16)17(21)18-13-4-3-5-14(12-13)20(22)23/h3-9,12H,10-11H2,1-2H3,(H,18,21). The highest BCUT2D eigenvalue weighted by atomic mass is 16.6. The first-order valence-electron chi connectivity index (χ1n) is 7.53. The number of rotatable bonds is 7. The molecule has 2 rings (SSSR count). The summed E-state index contributed by atoms with van der Waals surface area (Å²) in [5, 5.41) is 13.4. The Bertz CT molecular complexity index is 733. The van der Waals surface area contributed by atoms with Crippen LogP contribution in [0.3, 0.4) is 0 Å². The minimum Gasteiger partial charge on any atom is -0.497 e. The molecule has 0 atom stereocenters. The lowest BCUT2D eigenvalue weighted by Crippen LogP contribution is -2.34. The van der Waals surface area contributed by atoms with Gasteiger partial charge in [-0.1, -0.05) is 6.07 Å². The van der Waals surface area contributed by atoms with E-state index in [9.17, 15) is 14.9 Å². The molecule has 8 heteroatoms. The fourth-order valence-electron chi connectivity index (χ4n) is 1.99. The van der Waals surface area contributed by atoms with Crippen molar-refractivity contribution in [3.8, 4) is 11.5 Å². The van der Waals surface area contributed by atoms with Gasteiger partial charge in [0.25, 0.3) is 5.69 Å². The van der Waals surface area contributed by atoms with Crippen LogP contribution in [0, 0.1) is 10.1 Å². The third-order valence-corrected chi connectivity index (χ3v) is 3.41. The van der Waals surface area contributed by atoms with Crippen molar-refractivity contribution in [3.63, 3.8) is 0 Å². The number of non-ortho nitro benzene ring substituents is 1. The molecule has 0 heterocycles. The lowest BCUT2D eigenvalue weighted by Gasteiger charge is -2.18. The van der Waals surface area contributed by atoms with Crippen molar-refractivity contribution >= 4 is 17.4 Å². The van der Waals surface area contributed by atoms with Gasteiger partial charge in [-0.3, -0.25) is 10.1 Å². The van der Waals surface area contributed by atoms with Crippen molar-refractivity contribution in [2.45, 2.75) is 0 Å². The Hall–Kier alpha value is -3.29. The summed E-state index contributed by atoms with van der Waals surface area (Å²) in [6.45, 7) is 0.665. The Morgan fingerprint density at radius 1 is 1.20 bits per heavy atom. The quantitative estimate of drug-likeness (QED) is 0.614. The molecule has 0 aliphatic carbocycles. The number of urea groups is 1. The number of methoxy groups -OCH3 is 1. The Morgan fingerprint density at radius 2 is 1.88 bits per heavy atom. The average molecular weight is 345 g/mol. The van der Waals surface area contributed by atoms with Crippen molar-refractivity contribution in [2.75, 3.05) is 32.6 Å². The van der Waals surface area contributed by atoms with Gasteiger partial charge in [0.15, 0.2) is 0 Å². The number of anilines is 1. The Balaban J connectivity index is 1.81. The fourth-order valence-corrected chi connectivity index (χ4v) is 1.99. The largest absolute Gasteiger partial charge is 0.497 e. The number of nitrogens with one attached hydrogen (secondary N) is 1. The highest BCUT2D eigenvalue weighted by molar-refractivity contribution is 5.89. The molecular weight excluding hydrogens is 326 g/mol. The van der Waals surface area contributed by atoms with Crippen LogP contribution in [-0.2, 0) is 0 Å². The van der Waals surface area contributed by atoms with E-state index in [1.165, 1.54) is 23.1 Å². The lowest BCUT2D eigenvalue weighted by molar-refractivity contribution is -0.384. The van der Waals surface area contributed by atoms with Crippen molar-refractivity contribution in [1.82, 2.24) is 4.90 Å². The third kappa shape index (κ3) is 5.38. The number of hydrogen-bond acceptors (Lipinski definition) is 5. The molecule has 132 valence electrons. The summed E-state index contributed by atoms with van der Waals surface area (Å²) in [5.74, 6) is 1.41. The Kier molecular flexibility index (Phi) is 6.16. The Morgan fingerprint density at radius 3 is 2.52 bits per heavy atom. The van der Waals surface area contributed by atoms with E-state index in [4.69, 9.17) is 9.47 Å². The first-order valence-corrected chi connectivity index (χ1v) is 7.53. The molecular formula is C17H19N3O5. The van der Waals surface area contributed by atoms with Crippen molar-refractivity contribution in [3.05, 3.63) is 58.6 Å². The van der Waals surface area contributed by atoms with Gasteiger partial charge in [0, 0.05) is 24.9 Å². The molecule has 0 unspecified atom stereocenters. The van der Waals surface area contributed by atoms with Gasteiger partial charge in [-0.15, -0.1) is 0 Å². The topological polar surface area (TPSA) is 93.9 Å². The minimum atomic E-state index is -0.512. The van der Waals surface area contributed by atoms with Gasteiger partial charge < -0.3 is 19.7 Å². The van der Waals surface area contributed by atoms with Gasteiger partial charge in [-0.05, 0) is 30.3 Å². The molecule has 0 bridgehead atoms. The van der Waals surface area contributed by atoms with E-state index in [2.05, 4.69) is 5.32 Å². The van der Waals surface area contributed by atoms with Crippen LogP contribution >= 0.6 is 0 Å². The van der Waals surface area contributed by atoms with Gasteiger partial charge in [-0.2, -0.15) is 0 Å². The van der Waals surface area contributed by atoms with Crippen LogP contribution in [0.15, 0.2) is 48.5 Å². The molecule has 0 aromatic heterocycles. The molecule has 0 radical (unpaired) electrons. The average Bonchev–Trinajstić information content (AvgIpc) is 2.62. The van der Waals surface area contributed by atoms with Gasteiger partial charge in [0.05, 0.1) is 18.6 Å². The molecule has 2 aromatic carbocycles. The molecule has 0 aliphatic rings. The molecule has 0 saturated heterocycles. The molecule has 0 aliphatic heterocycles. The van der Waals surface area contributed by atoms with E-state index >= 15 is 0 Å². The summed E-state index contributed by atoms with van der Waals surface area (Å²) in [5.41, 5.74) is 0.283. The number of nitro groups is 1. The van der Waals surface area contributed by atoms with Gasteiger partial charge in [0.1, 0.15) is 18.1 Å². The predicted molar refractivity (Wildman–Crippen MR) is 93.2 cm³/mol. The maximum Gasteiger partial charge on any atom is 0.321 e. The second kappa shape index (κ2) is 8.53. The zero-order chi connectivity index (χ0) is 18.2. The normalized spacial score (nSPS) is 10.0. The number of carbonyl (C=O) groups excluding carboxylic acids is 1. The van der Waals surface area contributed by atoms with Gasteiger partial charge >= 0.3 is 6.03 Å². The second-order valence-electron chi connectivity index (χ2n) is 5.18. The number of ether oxygens (including phenoxy) is 2. The number of benzene rings is 2. The summed E-state index contributed by atoms with van der Waals surface area (Å²) in [7, 11) is 3.20. The highest BCUT2D eigenvalue weighted by Gasteiger charge is 2.11. The number of hydrogen-bond donors (Lipinski definition) is 1. The molecule has 8 nitrogen and oxygen atoms in total. The molecule has 1 N–H and O–H groups in total. The minimum absolute atomic E-state index is 0.0803. The van der Waals surface area contributed by atoms with Crippen LogP contribution in [0.5, 0.6) is 11.5 Å². The molecule has 2 aromatic rings. The first kappa shape index (κ1) is 18.1. The van der Waals surface area contributed by atoms with Crippen LogP contribution in [0.2, 0.25) is 0 Å². The number of nitro benzene ring substituents is 1. The van der Waals surface area contributed by atoms with Gasteiger partial charge in [-0.25, -0.2) is 4.79 Å². The molecule has 0 fully saturated rings. The number of carbonyl (C=O) groups is 1. The van der Waals surface area contributed by atoms with E-state index in [-0.39, 0.29) is 11.7 Å². The first-order chi connectivity index (χ1) is 12.0.